The molecule has 0 aliphatic carbocycles. The fourth-order valence-corrected chi connectivity index (χ4v) is 2.13. The zero-order chi connectivity index (χ0) is 15.9. The summed E-state index contributed by atoms with van der Waals surface area (Å²) in [6.45, 7) is 2.00. The zero-order valence-corrected chi connectivity index (χ0v) is 13.0. The number of amides is 1. The van der Waals surface area contributed by atoms with Gasteiger partial charge < -0.3 is 10.6 Å². The predicted molar refractivity (Wildman–Crippen MR) is 89.6 cm³/mol. The van der Waals surface area contributed by atoms with E-state index in [9.17, 15) is 9.59 Å². The summed E-state index contributed by atoms with van der Waals surface area (Å²) in [5, 5.41) is 6.53. The molecule has 22 heavy (non-hydrogen) atoms. The van der Waals surface area contributed by atoms with Gasteiger partial charge in [-0.1, -0.05) is 23.7 Å². The summed E-state index contributed by atoms with van der Waals surface area (Å²) in [5.41, 5.74) is 2.11. The highest BCUT2D eigenvalue weighted by Crippen LogP contribution is 2.20. The largest absolute Gasteiger partial charge is 0.383 e. The van der Waals surface area contributed by atoms with E-state index in [0.29, 0.717) is 29.2 Å². The van der Waals surface area contributed by atoms with Crippen LogP contribution < -0.4 is 10.6 Å². The van der Waals surface area contributed by atoms with Gasteiger partial charge in [-0.15, -0.1) is 0 Å². The van der Waals surface area contributed by atoms with Crippen molar-refractivity contribution in [1.29, 1.82) is 0 Å². The molecule has 0 aliphatic heterocycles. The van der Waals surface area contributed by atoms with E-state index < -0.39 is 0 Å². The predicted octanol–water partition coefficient (Wildman–Crippen LogP) is 3.98. The Balaban J connectivity index is 1.80. The first-order chi connectivity index (χ1) is 10.6. The summed E-state index contributed by atoms with van der Waals surface area (Å²) < 4.78 is 0. The molecule has 4 nitrogen and oxygen atoms in total. The van der Waals surface area contributed by atoms with Crippen LogP contribution in [0.4, 0.5) is 11.4 Å². The first-order valence-electron chi connectivity index (χ1n) is 6.95. The van der Waals surface area contributed by atoms with E-state index in [1.54, 1.807) is 30.3 Å². The van der Waals surface area contributed by atoms with E-state index >= 15 is 0 Å². The second-order valence-electron chi connectivity index (χ2n) is 4.84. The molecule has 0 atom stereocenters. The van der Waals surface area contributed by atoms with Crippen LogP contribution in [0.15, 0.2) is 48.5 Å². The lowest BCUT2D eigenvalue weighted by Gasteiger charge is -2.09. The topological polar surface area (TPSA) is 58.2 Å². The highest BCUT2D eigenvalue weighted by molar-refractivity contribution is 6.33. The summed E-state index contributed by atoms with van der Waals surface area (Å²) >= 11 is 6.02. The number of hydrogen-bond acceptors (Lipinski definition) is 3. The highest BCUT2D eigenvalue weighted by Gasteiger charge is 2.04. The number of hydrogen-bond donors (Lipinski definition) is 2. The minimum absolute atomic E-state index is 0.00168. The third-order valence-corrected chi connectivity index (χ3v) is 3.45. The first kappa shape index (κ1) is 16.0. The van der Waals surface area contributed by atoms with Crippen molar-refractivity contribution in [1.82, 2.24) is 0 Å². The zero-order valence-electron chi connectivity index (χ0n) is 12.2. The molecule has 2 rings (SSSR count). The van der Waals surface area contributed by atoms with Gasteiger partial charge in [-0.3, -0.25) is 9.59 Å². The Morgan fingerprint density at radius 1 is 1.05 bits per heavy atom. The fraction of sp³-hybridized carbons (Fsp3) is 0.176. The molecule has 0 aliphatic rings. The molecular formula is C17H17ClN2O2. The van der Waals surface area contributed by atoms with Gasteiger partial charge in [0.2, 0.25) is 5.91 Å². The quantitative estimate of drug-likeness (QED) is 0.792. The van der Waals surface area contributed by atoms with Crippen molar-refractivity contribution in [2.75, 3.05) is 17.2 Å². The van der Waals surface area contributed by atoms with Gasteiger partial charge in [0.05, 0.1) is 10.7 Å². The van der Waals surface area contributed by atoms with Crippen LogP contribution in [-0.2, 0) is 4.79 Å². The van der Waals surface area contributed by atoms with E-state index in [1.807, 2.05) is 18.2 Å². The van der Waals surface area contributed by atoms with Crippen LogP contribution in [0, 0.1) is 0 Å². The number of carbonyl (C=O) groups excluding carboxylic acids is 2. The summed E-state index contributed by atoms with van der Waals surface area (Å²) in [4.78, 5) is 23.0. The van der Waals surface area contributed by atoms with E-state index in [2.05, 4.69) is 10.6 Å². The number of anilines is 2. The second kappa shape index (κ2) is 7.61. The van der Waals surface area contributed by atoms with E-state index in [0.717, 1.165) is 5.69 Å². The Morgan fingerprint density at radius 2 is 1.73 bits per heavy atom. The Kier molecular flexibility index (Phi) is 5.55. The first-order valence-corrected chi connectivity index (χ1v) is 7.33. The molecule has 0 saturated heterocycles. The average molecular weight is 317 g/mol. The summed E-state index contributed by atoms with van der Waals surface area (Å²) in [7, 11) is 0. The van der Waals surface area contributed by atoms with Crippen LogP contribution in [-0.4, -0.2) is 18.2 Å². The lowest BCUT2D eigenvalue weighted by Crippen LogP contribution is -2.16. The lowest BCUT2D eigenvalue weighted by atomic mass is 10.1. The Morgan fingerprint density at radius 3 is 2.36 bits per heavy atom. The lowest BCUT2D eigenvalue weighted by molar-refractivity contribution is -0.115. The van der Waals surface area contributed by atoms with Gasteiger partial charge >= 0.3 is 0 Å². The van der Waals surface area contributed by atoms with Crippen LogP contribution in [0.25, 0.3) is 0 Å². The molecule has 0 heterocycles. The molecule has 0 saturated carbocycles. The highest BCUT2D eigenvalue weighted by atomic mass is 35.5. The third-order valence-electron chi connectivity index (χ3n) is 3.12. The van der Waals surface area contributed by atoms with Gasteiger partial charge in [0, 0.05) is 24.2 Å². The van der Waals surface area contributed by atoms with E-state index in [4.69, 9.17) is 11.6 Å². The summed E-state index contributed by atoms with van der Waals surface area (Å²) in [6, 6.07) is 14.2. The van der Waals surface area contributed by atoms with Crippen molar-refractivity contribution in [3.63, 3.8) is 0 Å². The molecule has 5 heteroatoms. The minimum atomic E-state index is -0.102. The number of nitrogens with one attached hydrogen (secondary N) is 2. The molecular weight excluding hydrogens is 300 g/mol. The molecule has 2 aromatic carbocycles. The van der Waals surface area contributed by atoms with Crippen molar-refractivity contribution in [3.05, 3.63) is 59.1 Å². The molecule has 0 radical (unpaired) electrons. The van der Waals surface area contributed by atoms with Crippen molar-refractivity contribution < 1.29 is 9.59 Å². The van der Waals surface area contributed by atoms with Crippen molar-refractivity contribution >= 4 is 34.7 Å². The number of rotatable bonds is 6. The number of benzene rings is 2. The normalized spacial score (nSPS) is 10.1. The number of halogens is 1. The molecule has 2 aromatic rings. The van der Waals surface area contributed by atoms with E-state index in [-0.39, 0.29) is 11.7 Å². The molecule has 2 N–H and O–H groups in total. The van der Waals surface area contributed by atoms with Crippen LogP contribution in [0.2, 0.25) is 5.02 Å². The standard InChI is InChI=1S/C17H17ClN2O2/c1-12(21)13-6-8-14(9-7-13)20-17(22)10-11-19-16-5-3-2-4-15(16)18/h2-9,19H,10-11H2,1H3,(H,20,22). The average Bonchev–Trinajstić information content (AvgIpc) is 2.50. The van der Waals surface area contributed by atoms with Crippen LogP contribution >= 0.6 is 11.6 Å². The monoisotopic (exact) mass is 316 g/mol. The van der Waals surface area contributed by atoms with Gasteiger partial charge in [0.15, 0.2) is 5.78 Å². The molecule has 1 amide bonds. The summed E-state index contributed by atoms with van der Waals surface area (Å²) in [5.74, 6) is -0.100. The van der Waals surface area contributed by atoms with Gasteiger partial charge in [0.1, 0.15) is 0 Å². The smallest absolute Gasteiger partial charge is 0.226 e. The number of ketones is 1. The molecule has 0 fully saturated rings. The maximum absolute atomic E-state index is 11.9. The molecule has 114 valence electrons. The van der Waals surface area contributed by atoms with E-state index in [1.165, 1.54) is 6.92 Å². The molecule has 0 aromatic heterocycles. The van der Waals surface area contributed by atoms with Gasteiger partial charge in [-0.05, 0) is 43.3 Å². The Hall–Kier alpha value is -2.33. The SMILES string of the molecule is CC(=O)c1ccc(NC(=O)CCNc2ccccc2Cl)cc1. The Labute approximate surface area is 134 Å². The number of Topliss-reactive ketones (excluding diaryl/α,β-unsaturated/α-hetero) is 1. The Bertz CT molecular complexity index is 669. The number of para-hydroxylation sites is 1. The van der Waals surface area contributed by atoms with Crippen LogP contribution in [0.5, 0.6) is 0 Å². The molecule has 0 bridgehead atoms. The molecule has 0 spiro atoms. The summed E-state index contributed by atoms with van der Waals surface area (Å²) in [6.07, 6.45) is 0.319. The van der Waals surface area contributed by atoms with Crippen LogP contribution in [0.3, 0.4) is 0 Å². The van der Waals surface area contributed by atoms with Gasteiger partial charge in [-0.2, -0.15) is 0 Å². The number of carbonyl (C=O) groups is 2. The third kappa shape index (κ3) is 4.60. The fourth-order valence-electron chi connectivity index (χ4n) is 1.93. The van der Waals surface area contributed by atoms with Gasteiger partial charge in [0.25, 0.3) is 0 Å². The van der Waals surface area contributed by atoms with Crippen molar-refractivity contribution in [2.45, 2.75) is 13.3 Å². The van der Waals surface area contributed by atoms with Crippen molar-refractivity contribution in [3.8, 4) is 0 Å². The van der Waals surface area contributed by atoms with Gasteiger partial charge in [-0.25, -0.2) is 0 Å². The molecule has 0 unspecified atom stereocenters. The second-order valence-corrected chi connectivity index (χ2v) is 5.25. The van der Waals surface area contributed by atoms with Crippen molar-refractivity contribution in [2.24, 2.45) is 0 Å². The van der Waals surface area contributed by atoms with Crippen LogP contribution in [0.1, 0.15) is 23.7 Å². The maximum atomic E-state index is 11.9. The maximum Gasteiger partial charge on any atom is 0.226 e. The minimum Gasteiger partial charge on any atom is -0.383 e.